The predicted octanol–water partition coefficient (Wildman–Crippen LogP) is -0.590. The van der Waals surface area contributed by atoms with Gasteiger partial charge in [-0.25, -0.2) is 4.79 Å². The van der Waals surface area contributed by atoms with Crippen molar-refractivity contribution in [3.8, 4) is 11.1 Å². The molecule has 0 bridgehead atoms. The fourth-order valence-corrected chi connectivity index (χ4v) is 0.790. The van der Waals surface area contributed by atoms with E-state index < -0.39 is 18.4 Å². The van der Waals surface area contributed by atoms with Gasteiger partial charge < -0.3 is 20.4 Å². The lowest BCUT2D eigenvalue weighted by molar-refractivity contribution is -0.171. The summed E-state index contributed by atoms with van der Waals surface area (Å²) in [6.45, 7) is 0. The van der Waals surface area contributed by atoms with Crippen LogP contribution in [0.15, 0.2) is 24.3 Å². The molecule has 2 aliphatic rings. The smallest absolute Gasteiger partial charge is 0.337 e. The van der Waals surface area contributed by atoms with Crippen molar-refractivity contribution in [2.75, 3.05) is 0 Å². The molecule has 0 aromatic carbocycles. The molecule has 5 heteroatoms. The van der Waals surface area contributed by atoms with Crippen LogP contribution in [0.2, 0.25) is 0 Å². The zero-order valence-electron chi connectivity index (χ0n) is 7.16. The van der Waals surface area contributed by atoms with Crippen LogP contribution in [0.1, 0.15) is 0 Å². The van der Waals surface area contributed by atoms with E-state index in [1.54, 1.807) is 0 Å². The van der Waals surface area contributed by atoms with Crippen LogP contribution in [0.25, 0.3) is 11.1 Å². The molecule has 0 heterocycles. The fourth-order valence-electron chi connectivity index (χ4n) is 0.790. The Bertz CT molecular complexity index is 295. The number of carbonyl (C=O) groups is 1. The number of hydrogen-bond donors (Lipinski definition) is 4. The van der Waals surface area contributed by atoms with Gasteiger partial charge in [-0.15, -0.1) is 0 Å². The van der Waals surface area contributed by atoms with E-state index in [1.807, 2.05) is 0 Å². The molecule has 0 radical (unpaired) electrons. The summed E-state index contributed by atoms with van der Waals surface area (Å²) in [6, 6.07) is 8.48. The number of carboxylic acids is 1. The zero-order valence-corrected chi connectivity index (χ0v) is 7.16. The van der Waals surface area contributed by atoms with Crippen molar-refractivity contribution in [1.29, 1.82) is 0 Å². The number of aliphatic hydroxyl groups excluding tert-OH is 2. The van der Waals surface area contributed by atoms with E-state index >= 15 is 0 Å². The molecule has 4 N–H and O–H groups in total. The third-order valence-electron chi connectivity index (χ3n) is 1.75. The topological polar surface area (TPSA) is 98.0 Å². The Labute approximate surface area is 79.9 Å². The van der Waals surface area contributed by atoms with Crippen LogP contribution in [0, 0.1) is 0 Å². The highest BCUT2D eigenvalue weighted by molar-refractivity contribution is 5.75. The molecule has 2 aliphatic carbocycles. The van der Waals surface area contributed by atoms with Crippen LogP contribution in [-0.2, 0) is 4.79 Å². The molecule has 2 rings (SSSR count). The molecular formula is C9H10O5. The lowest BCUT2D eigenvalue weighted by Crippen LogP contribution is -2.33. The highest BCUT2D eigenvalue weighted by atomic mass is 16.5. The highest BCUT2D eigenvalue weighted by Gasteiger charge is 2.20. The van der Waals surface area contributed by atoms with Crippen molar-refractivity contribution in [3.05, 3.63) is 24.3 Å². The summed E-state index contributed by atoms with van der Waals surface area (Å²) >= 11 is 0. The highest BCUT2D eigenvalue weighted by Crippen LogP contribution is 2.29. The van der Waals surface area contributed by atoms with Crippen molar-refractivity contribution in [2.45, 2.75) is 12.4 Å². The van der Waals surface area contributed by atoms with Gasteiger partial charge in [0.25, 0.3) is 0 Å². The molecule has 5 nitrogen and oxygen atoms in total. The molecular weight excluding hydrogens is 188 g/mol. The number of benzene rings is 1. The minimum absolute atomic E-state index is 1.43. The quantitative estimate of drug-likeness (QED) is 0.483. The van der Waals surface area contributed by atoms with Gasteiger partial charge in [-0.3, -0.25) is 0 Å². The van der Waals surface area contributed by atoms with E-state index in [2.05, 4.69) is 24.3 Å². The molecule has 0 amide bonds. The van der Waals surface area contributed by atoms with E-state index in [4.69, 9.17) is 20.4 Å². The third-order valence-corrected chi connectivity index (χ3v) is 1.75. The first-order valence-corrected chi connectivity index (χ1v) is 3.90. The molecule has 0 spiro atoms. The first-order chi connectivity index (χ1) is 6.52. The third kappa shape index (κ3) is 2.29. The van der Waals surface area contributed by atoms with Crippen molar-refractivity contribution in [2.24, 2.45) is 0 Å². The van der Waals surface area contributed by atoms with Crippen LogP contribution in [0.5, 0.6) is 0 Å². The van der Waals surface area contributed by atoms with Crippen molar-refractivity contribution in [3.63, 3.8) is 0 Å². The average molecular weight is 198 g/mol. The number of hydrogen-bond acceptors (Lipinski definition) is 4. The van der Waals surface area contributed by atoms with Gasteiger partial charge in [0.05, 0.1) is 0 Å². The summed E-state index contributed by atoms with van der Waals surface area (Å²) in [6.07, 6.45) is -4.30. The molecule has 0 saturated carbocycles. The van der Waals surface area contributed by atoms with Gasteiger partial charge >= 0.3 is 5.97 Å². The van der Waals surface area contributed by atoms with Gasteiger partial charge in [-0.2, -0.15) is 0 Å². The summed E-state index contributed by atoms with van der Waals surface area (Å²) in [4.78, 5) is 9.57. The standard InChI is InChI=1S/C6H4.C3H6O5/c1-2-6-4-3-5(1)6;4-1(2(5)6)3(7)8/h1-4H;1-2,4-6H,(H,7,8). The van der Waals surface area contributed by atoms with Gasteiger partial charge in [0, 0.05) is 0 Å². The van der Waals surface area contributed by atoms with Gasteiger partial charge in [0.2, 0.25) is 6.10 Å². The molecule has 1 atom stereocenters. The molecule has 0 aromatic rings. The molecule has 0 aromatic heterocycles. The Morgan fingerprint density at radius 3 is 1.36 bits per heavy atom. The molecule has 1 unspecified atom stereocenters. The lowest BCUT2D eigenvalue weighted by atomic mass is 9.95. The van der Waals surface area contributed by atoms with E-state index in [0.29, 0.717) is 0 Å². The van der Waals surface area contributed by atoms with E-state index in [1.165, 1.54) is 11.1 Å². The van der Waals surface area contributed by atoms with Crippen LogP contribution in [0.3, 0.4) is 0 Å². The fraction of sp³-hybridized carbons (Fsp3) is 0.222. The van der Waals surface area contributed by atoms with Gasteiger partial charge in [0.15, 0.2) is 6.29 Å². The zero-order chi connectivity index (χ0) is 10.7. The molecule has 0 aliphatic heterocycles. The summed E-state index contributed by atoms with van der Waals surface area (Å²) in [5, 5.41) is 31.7. The van der Waals surface area contributed by atoms with Gasteiger partial charge in [-0.05, 0) is 11.1 Å². The maximum absolute atomic E-state index is 9.57. The first-order valence-electron chi connectivity index (χ1n) is 3.90. The van der Waals surface area contributed by atoms with Gasteiger partial charge in [0.1, 0.15) is 0 Å². The Kier molecular flexibility index (Phi) is 3.19. The van der Waals surface area contributed by atoms with Crippen molar-refractivity contribution in [1.82, 2.24) is 0 Å². The summed E-state index contributed by atoms with van der Waals surface area (Å²) in [5.74, 6) is -1.65. The molecule has 0 saturated heterocycles. The molecule has 14 heavy (non-hydrogen) atoms. The van der Waals surface area contributed by atoms with Crippen molar-refractivity contribution < 1.29 is 25.2 Å². The van der Waals surface area contributed by atoms with E-state index in [-0.39, 0.29) is 0 Å². The number of aliphatic hydroxyl groups is 3. The van der Waals surface area contributed by atoms with Crippen LogP contribution >= 0.6 is 0 Å². The Hall–Kier alpha value is -1.43. The maximum atomic E-state index is 9.57. The lowest BCUT2D eigenvalue weighted by Gasteiger charge is -2.10. The average Bonchev–Trinajstić information content (AvgIpc) is 2.10. The van der Waals surface area contributed by atoms with Crippen LogP contribution in [-0.4, -0.2) is 38.8 Å². The first kappa shape index (κ1) is 10.6. The summed E-state index contributed by atoms with van der Waals surface area (Å²) < 4.78 is 0. The van der Waals surface area contributed by atoms with Crippen molar-refractivity contribution >= 4 is 5.97 Å². The Morgan fingerprint density at radius 1 is 1.00 bits per heavy atom. The van der Waals surface area contributed by atoms with Gasteiger partial charge in [-0.1, -0.05) is 24.3 Å². The normalized spacial score (nSPS) is 12.9. The summed E-state index contributed by atoms with van der Waals surface area (Å²) in [5.41, 5.74) is 2.85. The number of rotatable bonds is 2. The molecule has 76 valence electrons. The SMILES string of the molecule is O=C(O)C(O)C(O)O.c1cc2ccc1-2. The van der Waals surface area contributed by atoms with E-state index in [0.717, 1.165) is 0 Å². The maximum Gasteiger partial charge on any atom is 0.337 e. The second-order valence-electron chi connectivity index (χ2n) is 2.77. The largest absolute Gasteiger partial charge is 0.479 e. The predicted molar refractivity (Wildman–Crippen MR) is 47.3 cm³/mol. The Morgan fingerprint density at radius 2 is 1.36 bits per heavy atom. The van der Waals surface area contributed by atoms with Crippen LogP contribution in [0.4, 0.5) is 0 Å². The minimum atomic E-state index is -2.20. The second-order valence-corrected chi connectivity index (χ2v) is 2.77. The monoisotopic (exact) mass is 198 g/mol. The van der Waals surface area contributed by atoms with E-state index in [9.17, 15) is 4.79 Å². The summed E-state index contributed by atoms with van der Waals surface area (Å²) in [7, 11) is 0. The Balaban J connectivity index is 0.000000143. The second kappa shape index (κ2) is 4.19. The number of carboxylic acid groups (broad SMARTS) is 1. The number of aliphatic carboxylic acids is 1. The van der Waals surface area contributed by atoms with Crippen LogP contribution < -0.4 is 0 Å². The molecule has 0 fully saturated rings. The number of fused-ring (bicyclic) bond motifs is 1. The minimum Gasteiger partial charge on any atom is -0.479 e.